The van der Waals surface area contributed by atoms with Gasteiger partial charge in [0, 0.05) is 18.0 Å². The van der Waals surface area contributed by atoms with E-state index in [9.17, 15) is 4.79 Å². The molecule has 0 spiro atoms. The van der Waals surface area contributed by atoms with Gasteiger partial charge in [-0.2, -0.15) is 0 Å². The monoisotopic (exact) mass is 279 g/mol. The summed E-state index contributed by atoms with van der Waals surface area (Å²) in [5.41, 5.74) is 5.58. The lowest BCUT2D eigenvalue weighted by Crippen LogP contribution is -2.39. The summed E-state index contributed by atoms with van der Waals surface area (Å²) in [7, 11) is 0. The van der Waals surface area contributed by atoms with Gasteiger partial charge in [-0.1, -0.05) is 18.2 Å². The minimum atomic E-state index is 0.0371. The molecule has 0 aliphatic carbocycles. The Balaban J connectivity index is 1.86. The predicted molar refractivity (Wildman–Crippen MR) is 81.7 cm³/mol. The lowest BCUT2D eigenvalue weighted by molar-refractivity contribution is 0.0929. The zero-order valence-electron chi connectivity index (χ0n) is 12.0. The molecule has 21 heavy (non-hydrogen) atoms. The number of rotatable bonds is 1. The highest BCUT2D eigenvalue weighted by Crippen LogP contribution is 2.34. The van der Waals surface area contributed by atoms with E-state index in [1.54, 1.807) is 0 Å². The van der Waals surface area contributed by atoms with Crippen LogP contribution in [0, 0.1) is 0 Å². The van der Waals surface area contributed by atoms with Crippen LogP contribution in [0.1, 0.15) is 28.4 Å². The minimum absolute atomic E-state index is 0.0371. The fourth-order valence-corrected chi connectivity index (χ4v) is 3.30. The van der Waals surface area contributed by atoms with Gasteiger partial charge in [0.25, 0.3) is 5.91 Å². The van der Waals surface area contributed by atoms with Crippen molar-refractivity contribution in [2.24, 2.45) is 0 Å². The molecule has 2 aromatic carbocycles. The largest absolute Gasteiger partial charge is 0.493 e. The average molecular weight is 279 g/mol. The van der Waals surface area contributed by atoms with Gasteiger partial charge in [-0.25, -0.2) is 0 Å². The van der Waals surface area contributed by atoms with Crippen molar-refractivity contribution < 1.29 is 9.53 Å². The molecule has 0 aromatic heterocycles. The molecular formula is C18H17NO2. The van der Waals surface area contributed by atoms with Crippen molar-refractivity contribution in [2.45, 2.75) is 25.8 Å². The second-order valence-corrected chi connectivity index (χ2v) is 5.83. The fourth-order valence-electron chi connectivity index (χ4n) is 3.30. The molecular weight excluding hydrogens is 262 g/mol. The number of hydrogen-bond donors (Lipinski definition) is 1. The molecule has 3 heteroatoms. The van der Waals surface area contributed by atoms with Gasteiger partial charge in [-0.3, -0.25) is 4.79 Å². The molecule has 0 fully saturated rings. The van der Waals surface area contributed by atoms with Gasteiger partial charge >= 0.3 is 0 Å². The fraction of sp³-hybridized carbons (Fsp3) is 0.278. The van der Waals surface area contributed by atoms with Crippen LogP contribution in [0.5, 0.6) is 5.75 Å². The number of ether oxygens (including phenoxy) is 1. The van der Waals surface area contributed by atoms with Gasteiger partial charge in [0.1, 0.15) is 5.75 Å². The van der Waals surface area contributed by atoms with E-state index in [1.807, 2.05) is 25.1 Å². The first-order valence-corrected chi connectivity index (χ1v) is 7.41. The van der Waals surface area contributed by atoms with E-state index in [1.165, 1.54) is 16.7 Å². The number of benzene rings is 2. The average Bonchev–Trinajstić information content (AvgIpc) is 2.94. The van der Waals surface area contributed by atoms with Crippen LogP contribution in [0.4, 0.5) is 0 Å². The summed E-state index contributed by atoms with van der Waals surface area (Å²) in [6.07, 6.45) is 1.85. The van der Waals surface area contributed by atoms with Crippen molar-refractivity contribution in [2.75, 3.05) is 6.61 Å². The molecule has 0 saturated heterocycles. The highest BCUT2D eigenvalue weighted by molar-refractivity contribution is 5.99. The first-order chi connectivity index (χ1) is 10.2. The maximum absolute atomic E-state index is 12.1. The Labute approximate surface area is 123 Å². The highest BCUT2D eigenvalue weighted by atomic mass is 16.5. The number of amides is 1. The van der Waals surface area contributed by atoms with Crippen LogP contribution in [-0.4, -0.2) is 18.6 Å². The minimum Gasteiger partial charge on any atom is -0.493 e. The normalized spacial score (nSPS) is 19.5. The second kappa shape index (κ2) is 4.62. The van der Waals surface area contributed by atoms with Crippen molar-refractivity contribution in [3.8, 4) is 16.9 Å². The third kappa shape index (κ3) is 2.00. The topological polar surface area (TPSA) is 38.3 Å². The van der Waals surface area contributed by atoms with Crippen LogP contribution >= 0.6 is 0 Å². The molecule has 2 aliphatic heterocycles. The Morgan fingerprint density at radius 1 is 1.19 bits per heavy atom. The van der Waals surface area contributed by atoms with E-state index >= 15 is 0 Å². The smallest absolute Gasteiger partial charge is 0.251 e. The summed E-state index contributed by atoms with van der Waals surface area (Å²) < 4.78 is 5.57. The van der Waals surface area contributed by atoms with E-state index < -0.39 is 0 Å². The molecule has 0 radical (unpaired) electrons. The van der Waals surface area contributed by atoms with Crippen LogP contribution in [0.3, 0.4) is 0 Å². The number of carbonyl (C=O) groups is 1. The summed E-state index contributed by atoms with van der Waals surface area (Å²) in [4.78, 5) is 12.1. The van der Waals surface area contributed by atoms with Gasteiger partial charge < -0.3 is 10.1 Å². The summed E-state index contributed by atoms with van der Waals surface area (Å²) in [6.45, 7) is 2.82. The molecule has 1 N–H and O–H groups in total. The summed E-state index contributed by atoms with van der Waals surface area (Å²) in [6, 6.07) is 12.5. The van der Waals surface area contributed by atoms with Crippen molar-refractivity contribution >= 4 is 5.91 Å². The quantitative estimate of drug-likeness (QED) is 0.871. The molecule has 3 nitrogen and oxygen atoms in total. The maximum atomic E-state index is 12.1. The van der Waals surface area contributed by atoms with E-state index in [0.29, 0.717) is 0 Å². The Bertz CT molecular complexity index is 736. The first-order valence-electron chi connectivity index (χ1n) is 7.41. The van der Waals surface area contributed by atoms with Gasteiger partial charge in [0.2, 0.25) is 0 Å². The van der Waals surface area contributed by atoms with Gasteiger partial charge in [-0.15, -0.1) is 0 Å². The molecule has 2 aliphatic rings. The molecule has 4 rings (SSSR count). The van der Waals surface area contributed by atoms with Crippen LogP contribution in [-0.2, 0) is 12.8 Å². The second-order valence-electron chi connectivity index (χ2n) is 5.83. The van der Waals surface area contributed by atoms with Gasteiger partial charge in [0.15, 0.2) is 0 Å². The van der Waals surface area contributed by atoms with Gasteiger partial charge in [0.05, 0.1) is 6.61 Å². The maximum Gasteiger partial charge on any atom is 0.251 e. The molecule has 0 bridgehead atoms. The standard InChI is InChI=1S/C18H17NO2/c1-11-9-16-14(3-2-4-15(16)18(20)19-11)12-5-6-17-13(10-12)7-8-21-17/h2-6,10-11H,7-9H2,1H3,(H,19,20). The summed E-state index contributed by atoms with van der Waals surface area (Å²) in [5, 5.41) is 3.00. The van der Waals surface area contributed by atoms with Crippen molar-refractivity contribution in [3.63, 3.8) is 0 Å². The molecule has 1 unspecified atom stereocenters. The Hall–Kier alpha value is -2.29. The molecule has 0 saturated carbocycles. The third-order valence-corrected chi connectivity index (χ3v) is 4.31. The molecule has 106 valence electrons. The zero-order chi connectivity index (χ0) is 14.4. The van der Waals surface area contributed by atoms with Crippen molar-refractivity contribution in [1.29, 1.82) is 0 Å². The van der Waals surface area contributed by atoms with E-state index in [2.05, 4.69) is 23.5 Å². The van der Waals surface area contributed by atoms with Crippen molar-refractivity contribution in [1.82, 2.24) is 5.32 Å². The lowest BCUT2D eigenvalue weighted by Gasteiger charge is -2.25. The SMILES string of the molecule is CC1Cc2c(cccc2-c2ccc3c(c2)CCO3)C(=O)N1. The Morgan fingerprint density at radius 3 is 2.95 bits per heavy atom. The zero-order valence-corrected chi connectivity index (χ0v) is 12.0. The number of fused-ring (bicyclic) bond motifs is 2. The van der Waals surface area contributed by atoms with E-state index in [-0.39, 0.29) is 11.9 Å². The van der Waals surface area contributed by atoms with E-state index in [0.717, 1.165) is 36.3 Å². The van der Waals surface area contributed by atoms with Crippen molar-refractivity contribution in [3.05, 3.63) is 53.1 Å². The van der Waals surface area contributed by atoms with E-state index in [4.69, 9.17) is 4.74 Å². The summed E-state index contributed by atoms with van der Waals surface area (Å²) >= 11 is 0. The number of hydrogen-bond acceptors (Lipinski definition) is 2. The van der Waals surface area contributed by atoms with Crippen LogP contribution in [0.2, 0.25) is 0 Å². The predicted octanol–water partition coefficient (Wildman–Crippen LogP) is 2.96. The van der Waals surface area contributed by atoms with Crippen LogP contribution in [0.15, 0.2) is 36.4 Å². The third-order valence-electron chi connectivity index (χ3n) is 4.31. The number of nitrogens with one attached hydrogen (secondary N) is 1. The lowest BCUT2D eigenvalue weighted by atomic mass is 9.88. The Morgan fingerprint density at radius 2 is 2.05 bits per heavy atom. The van der Waals surface area contributed by atoms with Crippen LogP contribution < -0.4 is 10.1 Å². The summed E-state index contributed by atoms with van der Waals surface area (Å²) in [5.74, 6) is 1.03. The molecule has 1 atom stereocenters. The first kappa shape index (κ1) is 12.5. The molecule has 2 heterocycles. The van der Waals surface area contributed by atoms with Crippen LogP contribution in [0.25, 0.3) is 11.1 Å². The highest BCUT2D eigenvalue weighted by Gasteiger charge is 2.24. The molecule has 1 amide bonds. The van der Waals surface area contributed by atoms with Gasteiger partial charge in [-0.05, 0) is 53.8 Å². The molecule has 2 aromatic rings. The number of carbonyl (C=O) groups excluding carboxylic acids is 1. The Kier molecular flexibility index (Phi) is 2.74.